The van der Waals surface area contributed by atoms with E-state index < -0.39 is 0 Å². The van der Waals surface area contributed by atoms with Crippen LogP contribution in [0.15, 0.2) is 34.3 Å². The Kier molecular flexibility index (Phi) is 3.99. The van der Waals surface area contributed by atoms with Gasteiger partial charge in [-0.25, -0.2) is 9.97 Å². The summed E-state index contributed by atoms with van der Waals surface area (Å²) >= 11 is 1.49. The second-order valence-corrected chi connectivity index (χ2v) is 5.31. The van der Waals surface area contributed by atoms with Crippen molar-refractivity contribution in [3.8, 4) is 0 Å². The third-order valence-corrected chi connectivity index (χ3v) is 3.53. The van der Waals surface area contributed by atoms with E-state index in [1.807, 2.05) is 45.0 Å². The van der Waals surface area contributed by atoms with Gasteiger partial charge < -0.3 is 5.11 Å². The fourth-order valence-electron chi connectivity index (χ4n) is 1.77. The summed E-state index contributed by atoms with van der Waals surface area (Å²) in [6.07, 6.45) is 0. The Labute approximate surface area is 111 Å². The molecule has 0 atom stereocenters. The van der Waals surface area contributed by atoms with Crippen molar-refractivity contribution in [1.82, 2.24) is 9.97 Å². The summed E-state index contributed by atoms with van der Waals surface area (Å²) in [6, 6.07) is 7.98. The first-order chi connectivity index (χ1) is 8.58. The third-order valence-electron chi connectivity index (χ3n) is 2.55. The average Bonchev–Trinajstić information content (AvgIpc) is 2.30. The SMILES string of the molecule is Cc1ccc(Sc2nc(C)cc(C)n2)c(CO)c1. The van der Waals surface area contributed by atoms with Crippen molar-refractivity contribution in [2.45, 2.75) is 37.4 Å². The van der Waals surface area contributed by atoms with E-state index in [2.05, 4.69) is 9.97 Å². The molecule has 0 aliphatic heterocycles. The van der Waals surface area contributed by atoms with Gasteiger partial charge in [-0.1, -0.05) is 17.7 Å². The van der Waals surface area contributed by atoms with E-state index in [0.29, 0.717) is 0 Å². The van der Waals surface area contributed by atoms with E-state index in [-0.39, 0.29) is 6.61 Å². The molecule has 0 spiro atoms. The van der Waals surface area contributed by atoms with Crippen LogP contribution in [0.3, 0.4) is 0 Å². The molecular formula is C14H16N2OS. The van der Waals surface area contributed by atoms with Crippen LogP contribution in [0.5, 0.6) is 0 Å². The molecule has 3 nitrogen and oxygen atoms in total. The van der Waals surface area contributed by atoms with Crippen molar-refractivity contribution < 1.29 is 5.11 Å². The lowest BCUT2D eigenvalue weighted by atomic mass is 10.1. The van der Waals surface area contributed by atoms with E-state index in [0.717, 1.165) is 32.6 Å². The van der Waals surface area contributed by atoms with Gasteiger partial charge in [0.1, 0.15) is 0 Å². The number of aliphatic hydroxyl groups is 1. The number of benzene rings is 1. The highest BCUT2D eigenvalue weighted by molar-refractivity contribution is 7.99. The van der Waals surface area contributed by atoms with Crippen molar-refractivity contribution in [2.24, 2.45) is 0 Å². The molecule has 2 aromatic rings. The van der Waals surface area contributed by atoms with Crippen molar-refractivity contribution in [3.05, 3.63) is 46.8 Å². The molecule has 0 saturated heterocycles. The Morgan fingerprint density at radius 2 is 1.72 bits per heavy atom. The van der Waals surface area contributed by atoms with Gasteiger partial charge in [-0.15, -0.1) is 0 Å². The first-order valence-electron chi connectivity index (χ1n) is 5.79. The van der Waals surface area contributed by atoms with Gasteiger partial charge >= 0.3 is 0 Å². The minimum absolute atomic E-state index is 0.0365. The number of hydrogen-bond acceptors (Lipinski definition) is 4. The summed E-state index contributed by atoms with van der Waals surface area (Å²) in [7, 11) is 0. The summed E-state index contributed by atoms with van der Waals surface area (Å²) < 4.78 is 0. The maximum Gasteiger partial charge on any atom is 0.192 e. The zero-order valence-corrected chi connectivity index (χ0v) is 11.6. The molecule has 1 heterocycles. The van der Waals surface area contributed by atoms with Gasteiger partial charge in [-0.05, 0) is 50.2 Å². The van der Waals surface area contributed by atoms with Crippen LogP contribution >= 0.6 is 11.8 Å². The number of hydrogen-bond donors (Lipinski definition) is 1. The van der Waals surface area contributed by atoms with Crippen LogP contribution in [0.2, 0.25) is 0 Å². The van der Waals surface area contributed by atoms with Crippen molar-refractivity contribution >= 4 is 11.8 Å². The van der Waals surface area contributed by atoms with Gasteiger partial charge in [0.15, 0.2) is 5.16 Å². The molecule has 0 aliphatic rings. The van der Waals surface area contributed by atoms with Gasteiger partial charge in [-0.3, -0.25) is 0 Å². The monoisotopic (exact) mass is 260 g/mol. The highest BCUT2D eigenvalue weighted by Gasteiger charge is 2.07. The minimum atomic E-state index is 0.0365. The molecule has 1 aromatic carbocycles. The number of rotatable bonds is 3. The molecule has 1 N–H and O–H groups in total. The van der Waals surface area contributed by atoms with Gasteiger partial charge in [0.2, 0.25) is 0 Å². The maximum atomic E-state index is 9.38. The first kappa shape index (κ1) is 13.1. The van der Waals surface area contributed by atoms with E-state index in [1.54, 1.807) is 0 Å². The minimum Gasteiger partial charge on any atom is -0.392 e. The molecule has 0 radical (unpaired) electrons. The summed E-state index contributed by atoms with van der Waals surface area (Å²) in [5.74, 6) is 0. The Bertz CT molecular complexity index is 549. The molecule has 0 amide bonds. The van der Waals surface area contributed by atoms with Crippen LogP contribution in [-0.4, -0.2) is 15.1 Å². The molecule has 2 rings (SSSR count). The smallest absolute Gasteiger partial charge is 0.192 e. The summed E-state index contributed by atoms with van der Waals surface area (Å²) in [6.45, 7) is 5.97. The van der Waals surface area contributed by atoms with Crippen LogP contribution < -0.4 is 0 Å². The van der Waals surface area contributed by atoms with Crippen molar-refractivity contribution in [1.29, 1.82) is 0 Å². The molecule has 0 bridgehead atoms. The van der Waals surface area contributed by atoms with Crippen LogP contribution in [0.4, 0.5) is 0 Å². The number of aromatic nitrogens is 2. The molecule has 0 aliphatic carbocycles. The fraction of sp³-hybridized carbons (Fsp3) is 0.286. The van der Waals surface area contributed by atoms with Crippen molar-refractivity contribution in [2.75, 3.05) is 0 Å². The summed E-state index contributed by atoms with van der Waals surface area (Å²) in [4.78, 5) is 9.80. The van der Waals surface area contributed by atoms with Gasteiger partial charge in [-0.2, -0.15) is 0 Å². The van der Waals surface area contributed by atoms with Crippen LogP contribution in [0.1, 0.15) is 22.5 Å². The zero-order chi connectivity index (χ0) is 13.1. The van der Waals surface area contributed by atoms with E-state index >= 15 is 0 Å². The summed E-state index contributed by atoms with van der Waals surface area (Å²) in [5, 5.41) is 10.1. The molecule has 94 valence electrons. The second kappa shape index (κ2) is 5.50. The second-order valence-electron chi connectivity index (χ2n) is 4.30. The Morgan fingerprint density at radius 3 is 2.33 bits per heavy atom. The van der Waals surface area contributed by atoms with Gasteiger partial charge in [0.25, 0.3) is 0 Å². The molecule has 18 heavy (non-hydrogen) atoms. The van der Waals surface area contributed by atoms with E-state index in [4.69, 9.17) is 0 Å². The molecule has 0 fully saturated rings. The summed E-state index contributed by atoms with van der Waals surface area (Å²) in [5.41, 5.74) is 3.98. The molecule has 0 saturated carbocycles. The maximum absolute atomic E-state index is 9.38. The number of aryl methyl sites for hydroxylation is 3. The Morgan fingerprint density at radius 1 is 1.06 bits per heavy atom. The lowest BCUT2D eigenvalue weighted by Crippen LogP contribution is -1.94. The van der Waals surface area contributed by atoms with E-state index in [9.17, 15) is 5.11 Å². The highest BCUT2D eigenvalue weighted by Crippen LogP contribution is 2.29. The quantitative estimate of drug-likeness (QED) is 0.862. The normalized spacial score (nSPS) is 10.7. The lowest BCUT2D eigenvalue weighted by Gasteiger charge is -2.08. The molecule has 1 aromatic heterocycles. The zero-order valence-electron chi connectivity index (χ0n) is 10.8. The Balaban J connectivity index is 2.33. The third kappa shape index (κ3) is 3.09. The largest absolute Gasteiger partial charge is 0.392 e. The Hall–Kier alpha value is -1.39. The fourth-order valence-corrected chi connectivity index (χ4v) is 2.74. The first-order valence-corrected chi connectivity index (χ1v) is 6.60. The van der Waals surface area contributed by atoms with Crippen LogP contribution in [0.25, 0.3) is 0 Å². The van der Waals surface area contributed by atoms with Gasteiger partial charge in [0, 0.05) is 16.3 Å². The van der Waals surface area contributed by atoms with Crippen molar-refractivity contribution in [3.63, 3.8) is 0 Å². The average molecular weight is 260 g/mol. The standard InChI is InChI=1S/C14H16N2OS/c1-9-4-5-13(12(6-9)8-17)18-14-15-10(2)7-11(3)16-14/h4-7,17H,8H2,1-3H3. The molecule has 4 heteroatoms. The lowest BCUT2D eigenvalue weighted by molar-refractivity contribution is 0.279. The predicted molar refractivity (Wildman–Crippen MR) is 72.7 cm³/mol. The molecular weight excluding hydrogens is 244 g/mol. The topological polar surface area (TPSA) is 46.0 Å². The van der Waals surface area contributed by atoms with E-state index in [1.165, 1.54) is 11.8 Å². The number of nitrogens with zero attached hydrogens (tertiary/aromatic N) is 2. The molecule has 0 unspecified atom stereocenters. The number of aliphatic hydroxyl groups excluding tert-OH is 1. The van der Waals surface area contributed by atoms with Gasteiger partial charge in [0.05, 0.1) is 6.61 Å². The predicted octanol–water partition coefficient (Wildman–Crippen LogP) is 3.05. The van der Waals surface area contributed by atoms with Crippen LogP contribution in [-0.2, 0) is 6.61 Å². The van der Waals surface area contributed by atoms with Crippen LogP contribution in [0, 0.1) is 20.8 Å². The highest BCUT2D eigenvalue weighted by atomic mass is 32.2.